The van der Waals surface area contributed by atoms with E-state index in [4.69, 9.17) is 0 Å². The molecule has 0 aromatic rings. The largest absolute Gasteiger partial charge is 0.290 e. The van der Waals surface area contributed by atoms with Crippen molar-refractivity contribution in [2.45, 2.75) is 32.9 Å². The van der Waals surface area contributed by atoms with Gasteiger partial charge in [-0.3, -0.25) is 4.79 Å². The maximum atomic E-state index is 12.5. The van der Waals surface area contributed by atoms with Crippen LogP contribution in [-0.4, -0.2) is 12.0 Å². The van der Waals surface area contributed by atoms with E-state index in [2.05, 4.69) is 6.58 Å². The molecule has 0 saturated carbocycles. The van der Waals surface area contributed by atoms with Crippen LogP contribution < -0.4 is 0 Å². The van der Waals surface area contributed by atoms with Crippen LogP contribution in [0.4, 0.5) is 4.39 Å². The molecule has 1 unspecified atom stereocenters. The van der Waals surface area contributed by atoms with Gasteiger partial charge in [-0.15, -0.1) is 0 Å². The van der Waals surface area contributed by atoms with Crippen molar-refractivity contribution in [3.05, 3.63) is 24.3 Å². The summed E-state index contributed by atoms with van der Waals surface area (Å²) in [6, 6.07) is 0. The summed E-state index contributed by atoms with van der Waals surface area (Å²) >= 11 is 0. The van der Waals surface area contributed by atoms with Gasteiger partial charge in [-0.25, -0.2) is 4.39 Å². The van der Waals surface area contributed by atoms with Gasteiger partial charge in [0.2, 0.25) is 0 Å². The molecule has 0 aliphatic carbocycles. The van der Waals surface area contributed by atoms with Gasteiger partial charge in [0.1, 0.15) is 6.17 Å². The third kappa shape index (κ3) is 4.06. The van der Waals surface area contributed by atoms with E-state index >= 15 is 0 Å². The second kappa shape index (κ2) is 5.70. The molecule has 0 saturated heterocycles. The monoisotopic (exact) mass is 170 g/mol. The number of rotatable bonds is 5. The summed E-state index contributed by atoms with van der Waals surface area (Å²) < 4.78 is 12.5. The first-order chi connectivity index (χ1) is 5.61. The number of alkyl halides is 1. The molecule has 1 nitrogen and oxygen atoms in total. The first-order valence-corrected chi connectivity index (χ1v) is 4.11. The minimum atomic E-state index is -0.966. The molecule has 0 aromatic heterocycles. The van der Waals surface area contributed by atoms with Crippen molar-refractivity contribution < 1.29 is 9.18 Å². The maximum Gasteiger partial charge on any atom is 0.181 e. The van der Waals surface area contributed by atoms with Gasteiger partial charge in [0.25, 0.3) is 0 Å². The second-order valence-electron chi connectivity index (χ2n) is 2.69. The Balaban J connectivity index is 4.33. The second-order valence-corrected chi connectivity index (χ2v) is 2.69. The molecule has 68 valence electrons. The van der Waals surface area contributed by atoms with Gasteiger partial charge in [0, 0.05) is 6.42 Å². The molecule has 2 heteroatoms. The van der Waals surface area contributed by atoms with E-state index in [1.807, 2.05) is 6.92 Å². The van der Waals surface area contributed by atoms with Crippen molar-refractivity contribution in [2.24, 2.45) is 0 Å². The van der Waals surface area contributed by atoms with Crippen LogP contribution >= 0.6 is 0 Å². The van der Waals surface area contributed by atoms with E-state index in [9.17, 15) is 9.18 Å². The van der Waals surface area contributed by atoms with Gasteiger partial charge >= 0.3 is 0 Å². The van der Waals surface area contributed by atoms with Crippen molar-refractivity contribution in [3.8, 4) is 0 Å². The molecule has 0 aliphatic heterocycles. The lowest BCUT2D eigenvalue weighted by molar-refractivity contribution is -0.111. The zero-order chi connectivity index (χ0) is 9.56. The van der Waals surface area contributed by atoms with Gasteiger partial charge in [-0.2, -0.15) is 0 Å². The highest BCUT2D eigenvalue weighted by Crippen LogP contribution is 2.10. The number of halogens is 1. The fourth-order valence-corrected chi connectivity index (χ4v) is 0.965. The average Bonchev–Trinajstić information content (AvgIpc) is 2.01. The molecule has 0 aliphatic rings. The average molecular weight is 170 g/mol. The van der Waals surface area contributed by atoms with Crippen molar-refractivity contribution in [1.82, 2.24) is 0 Å². The molecule has 0 N–H and O–H groups in total. The number of carbonyl (C=O) groups is 1. The highest BCUT2D eigenvalue weighted by molar-refractivity contribution is 6.03. The van der Waals surface area contributed by atoms with Crippen molar-refractivity contribution in [1.29, 1.82) is 0 Å². The molecule has 1 atom stereocenters. The summed E-state index contributed by atoms with van der Waals surface area (Å²) in [6.45, 7) is 6.72. The van der Waals surface area contributed by atoms with Crippen LogP contribution in [0, 0.1) is 0 Å². The first kappa shape index (κ1) is 11.1. The summed E-state index contributed by atoms with van der Waals surface area (Å²) in [5.74, 6) is -0.165. The smallest absolute Gasteiger partial charge is 0.181 e. The molecule has 0 heterocycles. The molecule has 0 aromatic carbocycles. The lowest BCUT2D eigenvalue weighted by Crippen LogP contribution is -2.04. The Morgan fingerprint density at radius 3 is 2.58 bits per heavy atom. The van der Waals surface area contributed by atoms with Gasteiger partial charge in [-0.1, -0.05) is 19.6 Å². The molecule has 0 rings (SSSR count). The highest BCUT2D eigenvalue weighted by atomic mass is 19.1. The van der Waals surface area contributed by atoms with Gasteiger partial charge in [0.05, 0.1) is 0 Å². The Kier molecular flexibility index (Phi) is 5.26. The highest BCUT2D eigenvalue weighted by Gasteiger charge is 2.08. The molecule has 0 amide bonds. The summed E-state index contributed by atoms with van der Waals surface area (Å²) in [7, 11) is 0. The zero-order valence-corrected chi connectivity index (χ0v) is 7.64. The number of hydrogen-bond donors (Lipinski definition) is 0. The Hall–Kier alpha value is -0.920. The molecular formula is C10H15FO. The van der Waals surface area contributed by atoms with Gasteiger partial charge in [-0.05, 0) is 25.0 Å². The van der Waals surface area contributed by atoms with Crippen LogP contribution in [0.2, 0.25) is 0 Å². The van der Waals surface area contributed by atoms with Crippen LogP contribution in [0.25, 0.3) is 0 Å². The molecular weight excluding hydrogens is 155 g/mol. The van der Waals surface area contributed by atoms with Gasteiger partial charge in [0.15, 0.2) is 5.78 Å². The van der Waals surface area contributed by atoms with Crippen LogP contribution in [0.3, 0.4) is 0 Å². The summed E-state index contributed by atoms with van der Waals surface area (Å²) in [5, 5.41) is 0. The third-order valence-corrected chi connectivity index (χ3v) is 1.45. The molecule has 12 heavy (non-hydrogen) atoms. The van der Waals surface area contributed by atoms with E-state index in [0.29, 0.717) is 5.57 Å². The normalized spacial score (nSPS) is 14.1. The van der Waals surface area contributed by atoms with E-state index in [0.717, 1.165) is 6.42 Å². The SMILES string of the molecule is C=CC(=O)/C(=C/CC)CC(C)F. The third-order valence-electron chi connectivity index (χ3n) is 1.45. The zero-order valence-electron chi connectivity index (χ0n) is 7.64. The molecule has 0 spiro atoms. The Morgan fingerprint density at radius 2 is 2.25 bits per heavy atom. The first-order valence-electron chi connectivity index (χ1n) is 4.11. The molecule has 0 radical (unpaired) electrons. The summed E-state index contributed by atoms with van der Waals surface area (Å²) in [6.07, 6.45) is 2.95. The minimum absolute atomic E-state index is 0.165. The predicted molar refractivity (Wildman–Crippen MR) is 48.8 cm³/mol. The maximum absolute atomic E-state index is 12.5. The van der Waals surface area contributed by atoms with E-state index in [1.54, 1.807) is 6.08 Å². The predicted octanol–water partition coefficient (Wildman–Crippen LogP) is 2.83. The standard InChI is InChI=1S/C10H15FO/c1-4-6-9(7-8(3)11)10(12)5-2/h5-6,8H,2,4,7H2,1,3H3/b9-6+. The molecule has 0 bridgehead atoms. The lowest BCUT2D eigenvalue weighted by Gasteiger charge is -2.03. The fraction of sp³-hybridized carbons (Fsp3) is 0.500. The fourth-order valence-electron chi connectivity index (χ4n) is 0.965. The number of carbonyl (C=O) groups excluding carboxylic acids is 1. The van der Waals surface area contributed by atoms with E-state index in [1.165, 1.54) is 13.0 Å². The summed E-state index contributed by atoms with van der Waals surface area (Å²) in [4.78, 5) is 11.1. The Morgan fingerprint density at radius 1 is 1.67 bits per heavy atom. The molecule has 0 fully saturated rings. The van der Waals surface area contributed by atoms with Crippen molar-refractivity contribution in [2.75, 3.05) is 0 Å². The van der Waals surface area contributed by atoms with E-state index < -0.39 is 6.17 Å². The number of allylic oxidation sites excluding steroid dienone is 3. The number of ketones is 1. The van der Waals surface area contributed by atoms with Crippen LogP contribution in [0.5, 0.6) is 0 Å². The minimum Gasteiger partial charge on any atom is -0.290 e. The Labute approximate surface area is 73.0 Å². The van der Waals surface area contributed by atoms with Gasteiger partial charge < -0.3 is 0 Å². The quantitative estimate of drug-likeness (QED) is 0.580. The van der Waals surface area contributed by atoms with Crippen LogP contribution in [0.1, 0.15) is 26.7 Å². The lowest BCUT2D eigenvalue weighted by atomic mass is 10.0. The van der Waals surface area contributed by atoms with Crippen LogP contribution in [-0.2, 0) is 4.79 Å². The van der Waals surface area contributed by atoms with Crippen molar-refractivity contribution in [3.63, 3.8) is 0 Å². The summed E-state index contributed by atoms with van der Waals surface area (Å²) in [5.41, 5.74) is 0.530. The van der Waals surface area contributed by atoms with Crippen LogP contribution in [0.15, 0.2) is 24.3 Å². The van der Waals surface area contributed by atoms with Crippen molar-refractivity contribution >= 4 is 5.78 Å². The Bertz CT molecular complexity index is 192. The number of hydrogen-bond acceptors (Lipinski definition) is 1. The van der Waals surface area contributed by atoms with E-state index in [-0.39, 0.29) is 12.2 Å². The topological polar surface area (TPSA) is 17.1 Å².